The number of hydrogen-bond acceptors (Lipinski definition) is 5. The maximum absolute atomic E-state index is 12.5. The van der Waals surface area contributed by atoms with Gasteiger partial charge in [0.2, 0.25) is 0 Å². The van der Waals surface area contributed by atoms with Crippen LogP contribution in [-0.2, 0) is 14.3 Å². The molecule has 2 heterocycles. The first-order valence-electron chi connectivity index (χ1n) is 9.23. The van der Waals surface area contributed by atoms with Gasteiger partial charge in [-0.15, -0.1) is 0 Å². The summed E-state index contributed by atoms with van der Waals surface area (Å²) in [6, 6.07) is 0.223. The van der Waals surface area contributed by atoms with Gasteiger partial charge in [-0.2, -0.15) is 0 Å². The predicted molar refractivity (Wildman–Crippen MR) is 96.1 cm³/mol. The molecule has 1 saturated heterocycles. The molecule has 26 heavy (non-hydrogen) atoms. The molecule has 1 amide bonds. The molecule has 7 nitrogen and oxygen atoms in total. The number of hydrogen-bond donors (Lipinski definition) is 1. The number of aryl methyl sites for hydroxylation is 1. The van der Waals surface area contributed by atoms with Crippen molar-refractivity contribution in [3.8, 4) is 0 Å². The van der Waals surface area contributed by atoms with Crippen molar-refractivity contribution in [2.45, 2.75) is 59.4 Å². The number of carbonyl (C=O) groups excluding carboxylic acids is 3. The van der Waals surface area contributed by atoms with Crippen LogP contribution < -0.4 is 0 Å². The fourth-order valence-corrected chi connectivity index (χ4v) is 3.50. The van der Waals surface area contributed by atoms with Gasteiger partial charge in [-0.25, -0.2) is 9.59 Å². The van der Waals surface area contributed by atoms with Crippen LogP contribution in [0.25, 0.3) is 0 Å². The SMILES string of the molecule is CCOC(=O)c1[nH]c(C)c(C(=O)OCC(=O)N2CCCCC2CC)c1C. The van der Waals surface area contributed by atoms with E-state index in [1.807, 2.05) is 4.90 Å². The van der Waals surface area contributed by atoms with Crippen molar-refractivity contribution in [2.75, 3.05) is 19.8 Å². The Morgan fingerprint density at radius 1 is 1.12 bits per heavy atom. The molecule has 1 aromatic rings. The van der Waals surface area contributed by atoms with Crippen molar-refractivity contribution in [3.05, 3.63) is 22.5 Å². The topological polar surface area (TPSA) is 88.7 Å². The molecule has 0 aromatic carbocycles. The number of H-pyrrole nitrogens is 1. The lowest BCUT2D eigenvalue weighted by molar-refractivity contribution is -0.138. The Kier molecular flexibility index (Phi) is 6.83. The molecular formula is C19H28N2O5. The van der Waals surface area contributed by atoms with Crippen LogP contribution in [-0.4, -0.2) is 53.5 Å². The van der Waals surface area contributed by atoms with Crippen molar-refractivity contribution in [3.63, 3.8) is 0 Å². The zero-order valence-corrected chi connectivity index (χ0v) is 16.0. The highest BCUT2D eigenvalue weighted by Crippen LogP contribution is 2.21. The van der Waals surface area contributed by atoms with Gasteiger partial charge < -0.3 is 19.4 Å². The molecule has 1 aliphatic heterocycles. The molecule has 144 valence electrons. The van der Waals surface area contributed by atoms with Gasteiger partial charge in [0.1, 0.15) is 5.69 Å². The van der Waals surface area contributed by atoms with Gasteiger partial charge in [0.25, 0.3) is 5.91 Å². The Bertz CT molecular complexity index is 680. The highest BCUT2D eigenvalue weighted by Gasteiger charge is 2.28. The van der Waals surface area contributed by atoms with E-state index < -0.39 is 11.9 Å². The van der Waals surface area contributed by atoms with E-state index >= 15 is 0 Å². The molecule has 0 saturated carbocycles. The Balaban J connectivity index is 2.04. The molecule has 1 atom stereocenters. The van der Waals surface area contributed by atoms with Gasteiger partial charge in [-0.1, -0.05) is 6.92 Å². The predicted octanol–water partition coefficient (Wildman–Crippen LogP) is 2.76. The number of nitrogens with one attached hydrogen (secondary N) is 1. The molecular weight excluding hydrogens is 336 g/mol. The highest BCUT2D eigenvalue weighted by molar-refractivity contribution is 5.99. The second kappa shape index (κ2) is 8.87. The summed E-state index contributed by atoms with van der Waals surface area (Å²) in [5, 5.41) is 0. The first-order valence-corrected chi connectivity index (χ1v) is 9.23. The lowest BCUT2D eigenvalue weighted by Crippen LogP contribution is -2.45. The molecule has 0 aliphatic carbocycles. The number of esters is 2. The molecule has 1 N–H and O–H groups in total. The average molecular weight is 364 g/mol. The van der Waals surface area contributed by atoms with E-state index in [1.54, 1.807) is 20.8 Å². The van der Waals surface area contributed by atoms with Crippen LogP contribution >= 0.6 is 0 Å². The fourth-order valence-electron chi connectivity index (χ4n) is 3.50. The monoisotopic (exact) mass is 364 g/mol. The number of likely N-dealkylation sites (tertiary alicyclic amines) is 1. The molecule has 0 bridgehead atoms. The summed E-state index contributed by atoms with van der Waals surface area (Å²) in [6.07, 6.45) is 4.00. The zero-order chi connectivity index (χ0) is 19.3. The van der Waals surface area contributed by atoms with Crippen LogP contribution in [0.3, 0.4) is 0 Å². The Morgan fingerprint density at radius 3 is 2.50 bits per heavy atom. The number of amides is 1. The lowest BCUT2D eigenvalue weighted by atomic mass is 10.00. The number of nitrogens with zero attached hydrogens (tertiary/aromatic N) is 1. The first-order chi connectivity index (χ1) is 12.4. The molecule has 7 heteroatoms. The number of rotatable bonds is 6. The van der Waals surface area contributed by atoms with Crippen molar-refractivity contribution < 1.29 is 23.9 Å². The van der Waals surface area contributed by atoms with E-state index in [0.29, 0.717) is 17.8 Å². The van der Waals surface area contributed by atoms with Crippen molar-refractivity contribution in [2.24, 2.45) is 0 Å². The lowest BCUT2D eigenvalue weighted by Gasteiger charge is -2.35. The van der Waals surface area contributed by atoms with Crippen LogP contribution in [0, 0.1) is 13.8 Å². The van der Waals surface area contributed by atoms with Gasteiger partial charge in [-0.3, -0.25) is 4.79 Å². The van der Waals surface area contributed by atoms with Crippen LogP contribution in [0.15, 0.2) is 0 Å². The van der Waals surface area contributed by atoms with Crippen molar-refractivity contribution in [1.82, 2.24) is 9.88 Å². The van der Waals surface area contributed by atoms with E-state index in [4.69, 9.17) is 9.47 Å². The minimum absolute atomic E-state index is 0.165. The Hall–Kier alpha value is -2.31. The molecule has 2 rings (SSSR count). The van der Waals surface area contributed by atoms with Crippen LogP contribution in [0.2, 0.25) is 0 Å². The van der Waals surface area contributed by atoms with Gasteiger partial charge in [-0.05, 0) is 52.0 Å². The third kappa shape index (κ3) is 4.26. The summed E-state index contributed by atoms with van der Waals surface area (Å²) in [6.45, 7) is 7.80. The minimum Gasteiger partial charge on any atom is -0.461 e. The number of aromatic amines is 1. The molecule has 1 unspecified atom stereocenters. The second-order valence-corrected chi connectivity index (χ2v) is 6.57. The standard InChI is InChI=1S/C19H28N2O5/c1-5-14-9-7-8-10-21(14)15(22)11-26-18(23)16-12(3)17(20-13(16)4)19(24)25-6-2/h14,20H,5-11H2,1-4H3. The summed E-state index contributed by atoms with van der Waals surface area (Å²) in [4.78, 5) is 41.5. The summed E-state index contributed by atoms with van der Waals surface area (Å²) < 4.78 is 10.2. The molecule has 1 fully saturated rings. The van der Waals surface area contributed by atoms with E-state index in [-0.39, 0.29) is 36.4 Å². The van der Waals surface area contributed by atoms with Crippen molar-refractivity contribution >= 4 is 17.8 Å². The molecule has 1 aromatic heterocycles. The van der Waals surface area contributed by atoms with Crippen LogP contribution in [0.1, 0.15) is 71.6 Å². The zero-order valence-electron chi connectivity index (χ0n) is 16.0. The van der Waals surface area contributed by atoms with E-state index in [2.05, 4.69) is 11.9 Å². The van der Waals surface area contributed by atoms with E-state index in [9.17, 15) is 14.4 Å². The van der Waals surface area contributed by atoms with Crippen molar-refractivity contribution in [1.29, 1.82) is 0 Å². The normalized spacial score (nSPS) is 17.1. The number of ether oxygens (including phenoxy) is 2. The average Bonchev–Trinajstić information content (AvgIpc) is 2.94. The van der Waals surface area contributed by atoms with E-state index in [1.165, 1.54) is 0 Å². The maximum Gasteiger partial charge on any atom is 0.355 e. The van der Waals surface area contributed by atoms with Crippen LogP contribution in [0.5, 0.6) is 0 Å². The molecule has 1 aliphatic rings. The minimum atomic E-state index is -0.606. The quantitative estimate of drug-likeness (QED) is 0.784. The summed E-state index contributed by atoms with van der Waals surface area (Å²) in [5.74, 6) is -1.28. The maximum atomic E-state index is 12.5. The Labute approximate surface area is 154 Å². The number of piperidine rings is 1. The van der Waals surface area contributed by atoms with Crippen LogP contribution in [0.4, 0.5) is 0 Å². The third-order valence-electron chi connectivity index (χ3n) is 4.87. The number of carbonyl (C=O) groups is 3. The smallest absolute Gasteiger partial charge is 0.355 e. The summed E-state index contributed by atoms with van der Waals surface area (Å²) in [5.41, 5.74) is 1.52. The van der Waals surface area contributed by atoms with Gasteiger partial charge >= 0.3 is 11.9 Å². The molecule has 0 spiro atoms. The Morgan fingerprint density at radius 2 is 1.85 bits per heavy atom. The van der Waals surface area contributed by atoms with E-state index in [0.717, 1.165) is 25.7 Å². The van der Waals surface area contributed by atoms with Gasteiger partial charge in [0, 0.05) is 18.3 Å². The summed E-state index contributed by atoms with van der Waals surface area (Å²) in [7, 11) is 0. The van der Waals surface area contributed by atoms with Gasteiger partial charge in [0.05, 0.1) is 12.2 Å². The highest BCUT2D eigenvalue weighted by atomic mass is 16.5. The third-order valence-corrected chi connectivity index (χ3v) is 4.87. The fraction of sp³-hybridized carbons (Fsp3) is 0.632. The molecule has 0 radical (unpaired) electrons. The second-order valence-electron chi connectivity index (χ2n) is 6.57. The summed E-state index contributed by atoms with van der Waals surface area (Å²) >= 11 is 0. The first kappa shape index (κ1) is 20.0. The van der Waals surface area contributed by atoms with Gasteiger partial charge in [0.15, 0.2) is 6.61 Å². The largest absolute Gasteiger partial charge is 0.461 e. The number of aromatic nitrogens is 1.